The van der Waals surface area contributed by atoms with Crippen molar-refractivity contribution in [2.24, 2.45) is 0 Å². The van der Waals surface area contributed by atoms with E-state index in [0.717, 1.165) is 5.56 Å². The van der Waals surface area contributed by atoms with Crippen molar-refractivity contribution in [1.82, 2.24) is 4.31 Å². The van der Waals surface area contributed by atoms with Crippen LogP contribution in [0.15, 0.2) is 57.1 Å². The molecular weight excluding hydrogens is 342 g/mol. The number of sulfonamides is 1. The van der Waals surface area contributed by atoms with E-state index in [9.17, 15) is 13.2 Å². The second-order valence-electron chi connectivity index (χ2n) is 5.87. The molecule has 0 amide bonds. The van der Waals surface area contributed by atoms with Crippen LogP contribution in [0.5, 0.6) is 5.75 Å². The number of ether oxygens (including phenoxy) is 1. The zero-order valence-electron chi connectivity index (χ0n) is 13.8. The molecule has 1 atom stereocenters. The van der Waals surface area contributed by atoms with Crippen LogP contribution in [0.4, 0.5) is 0 Å². The van der Waals surface area contributed by atoms with Crippen LogP contribution in [-0.4, -0.2) is 31.9 Å². The van der Waals surface area contributed by atoms with Gasteiger partial charge < -0.3 is 9.15 Å². The summed E-state index contributed by atoms with van der Waals surface area (Å²) in [5.74, 6) is 0.855. The predicted molar refractivity (Wildman–Crippen MR) is 94.7 cm³/mol. The molecule has 0 spiro atoms. The molecule has 1 fully saturated rings. The summed E-state index contributed by atoms with van der Waals surface area (Å²) in [4.78, 5) is 11.4. The minimum absolute atomic E-state index is 0.251. The van der Waals surface area contributed by atoms with Gasteiger partial charge in [0.2, 0.25) is 10.0 Å². The lowest BCUT2D eigenvalue weighted by Gasteiger charge is -2.15. The van der Waals surface area contributed by atoms with E-state index in [4.69, 9.17) is 9.15 Å². The summed E-state index contributed by atoms with van der Waals surface area (Å²) in [5.41, 5.74) is 0.341. The Morgan fingerprint density at radius 1 is 1.24 bits per heavy atom. The Morgan fingerprint density at radius 3 is 2.72 bits per heavy atom. The standard InChI is InChI=1S/C18H19NO5S/c1-14-11-17(12-18(20)23-14)24-16-7-9-19(13-16)25(21,22)10-8-15-5-3-2-4-6-15/h2-6,8,10-12,16H,7,9,13H2,1H3/b10-8+. The lowest BCUT2D eigenvalue weighted by Crippen LogP contribution is -2.29. The fourth-order valence-corrected chi connectivity index (χ4v) is 3.91. The summed E-state index contributed by atoms with van der Waals surface area (Å²) in [6.45, 7) is 2.29. The third-order valence-electron chi connectivity index (χ3n) is 3.87. The van der Waals surface area contributed by atoms with Gasteiger partial charge in [-0.25, -0.2) is 13.2 Å². The van der Waals surface area contributed by atoms with E-state index in [1.54, 1.807) is 19.1 Å². The number of hydrogen-bond donors (Lipinski definition) is 0. The Balaban J connectivity index is 1.65. The molecule has 132 valence electrons. The molecule has 0 N–H and O–H groups in total. The maximum absolute atomic E-state index is 12.4. The molecule has 1 aromatic carbocycles. The van der Waals surface area contributed by atoms with Gasteiger partial charge in [0.05, 0.1) is 12.6 Å². The van der Waals surface area contributed by atoms with Gasteiger partial charge in [-0.2, -0.15) is 4.31 Å². The Hall–Kier alpha value is -2.38. The quantitative estimate of drug-likeness (QED) is 0.817. The molecule has 0 saturated carbocycles. The number of aryl methyl sites for hydroxylation is 1. The van der Waals surface area contributed by atoms with Gasteiger partial charge in [-0.3, -0.25) is 0 Å². The van der Waals surface area contributed by atoms with Crippen LogP contribution in [0.2, 0.25) is 0 Å². The van der Waals surface area contributed by atoms with Gasteiger partial charge in [-0.1, -0.05) is 30.3 Å². The molecule has 1 aromatic heterocycles. The zero-order valence-corrected chi connectivity index (χ0v) is 14.6. The molecule has 7 heteroatoms. The van der Waals surface area contributed by atoms with Gasteiger partial charge >= 0.3 is 5.63 Å². The van der Waals surface area contributed by atoms with Crippen molar-refractivity contribution in [3.8, 4) is 5.75 Å². The molecule has 1 unspecified atom stereocenters. The highest BCUT2D eigenvalue weighted by Gasteiger charge is 2.31. The van der Waals surface area contributed by atoms with Crippen molar-refractivity contribution in [2.45, 2.75) is 19.4 Å². The molecular formula is C18H19NO5S. The third kappa shape index (κ3) is 4.58. The highest BCUT2D eigenvalue weighted by atomic mass is 32.2. The van der Waals surface area contributed by atoms with Crippen LogP contribution in [0.1, 0.15) is 17.7 Å². The van der Waals surface area contributed by atoms with Crippen molar-refractivity contribution in [3.05, 3.63) is 69.6 Å². The summed E-state index contributed by atoms with van der Waals surface area (Å²) in [6, 6.07) is 12.1. The molecule has 6 nitrogen and oxygen atoms in total. The highest BCUT2D eigenvalue weighted by Crippen LogP contribution is 2.21. The molecule has 0 aliphatic carbocycles. The monoisotopic (exact) mass is 361 g/mol. The first-order valence-corrected chi connectivity index (χ1v) is 9.44. The largest absolute Gasteiger partial charge is 0.489 e. The van der Waals surface area contributed by atoms with Crippen LogP contribution < -0.4 is 10.4 Å². The van der Waals surface area contributed by atoms with Gasteiger partial charge in [-0.15, -0.1) is 0 Å². The highest BCUT2D eigenvalue weighted by molar-refractivity contribution is 7.92. The average Bonchev–Trinajstić information content (AvgIpc) is 3.02. The first kappa shape index (κ1) is 17.4. The summed E-state index contributed by atoms with van der Waals surface area (Å²) in [6.07, 6.45) is 1.86. The second kappa shape index (κ2) is 7.25. The van der Waals surface area contributed by atoms with Crippen molar-refractivity contribution in [2.75, 3.05) is 13.1 Å². The maximum atomic E-state index is 12.4. The second-order valence-corrected chi connectivity index (χ2v) is 7.69. The van der Waals surface area contributed by atoms with Crippen LogP contribution >= 0.6 is 0 Å². The number of hydrogen-bond acceptors (Lipinski definition) is 5. The first-order valence-electron chi connectivity index (χ1n) is 7.94. The van der Waals surface area contributed by atoms with E-state index < -0.39 is 15.6 Å². The molecule has 2 heterocycles. The molecule has 1 aliphatic rings. The predicted octanol–water partition coefficient (Wildman–Crippen LogP) is 2.40. The topological polar surface area (TPSA) is 76.8 Å². The van der Waals surface area contributed by atoms with Crippen LogP contribution in [0.3, 0.4) is 0 Å². The third-order valence-corrected chi connectivity index (χ3v) is 5.40. The van der Waals surface area contributed by atoms with E-state index >= 15 is 0 Å². The summed E-state index contributed by atoms with van der Waals surface area (Å²) < 4.78 is 36.9. The molecule has 0 bridgehead atoms. The molecule has 25 heavy (non-hydrogen) atoms. The van der Waals surface area contributed by atoms with Gasteiger partial charge in [0.25, 0.3) is 0 Å². The minimum Gasteiger partial charge on any atom is -0.489 e. The molecule has 3 rings (SSSR count). The zero-order chi connectivity index (χ0) is 17.9. The van der Waals surface area contributed by atoms with Gasteiger partial charge in [0, 0.05) is 18.0 Å². The van der Waals surface area contributed by atoms with E-state index in [-0.39, 0.29) is 12.6 Å². The Kier molecular flexibility index (Phi) is 5.06. The van der Waals surface area contributed by atoms with E-state index in [0.29, 0.717) is 24.5 Å². The van der Waals surface area contributed by atoms with Gasteiger partial charge in [-0.05, 0) is 25.0 Å². The van der Waals surface area contributed by atoms with Gasteiger partial charge in [0.15, 0.2) is 0 Å². The van der Waals surface area contributed by atoms with Crippen LogP contribution in [0.25, 0.3) is 6.08 Å². The fraction of sp³-hybridized carbons (Fsp3) is 0.278. The molecule has 1 aliphatic heterocycles. The lowest BCUT2D eigenvalue weighted by molar-refractivity contribution is 0.213. The minimum atomic E-state index is -3.51. The molecule has 0 radical (unpaired) electrons. The van der Waals surface area contributed by atoms with E-state index in [1.165, 1.54) is 15.8 Å². The smallest absolute Gasteiger partial charge is 0.339 e. The number of benzene rings is 1. The Labute approximate surface area is 146 Å². The van der Waals surface area contributed by atoms with Crippen molar-refractivity contribution >= 4 is 16.1 Å². The lowest BCUT2D eigenvalue weighted by atomic mass is 10.2. The average molecular weight is 361 g/mol. The SMILES string of the molecule is Cc1cc(OC2CCN(S(=O)(=O)/C=C/c3ccccc3)C2)cc(=O)o1. The van der Waals surface area contributed by atoms with Crippen molar-refractivity contribution in [3.63, 3.8) is 0 Å². The number of rotatable bonds is 5. The summed E-state index contributed by atoms with van der Waals surface area (Å²) in [7, 11) is -3.51. The maximum Gasteiger partial charge on any atom is 0.339 e. The Morgan fingerprint density at radius 2 is 2.00 bits per heavy atom. The fourth-order valence-electron chi connectivity index (χ4n) is 2.68. The van der Waals surface area contributed by atoms with Gasteiger partial charge in [0.1, 0.15) is 17.6 Å². The number of nitrogens with zero attached hydrogens (tertiary/aromatic N) is 1. The Bertz CT molecular complexity index is 918. The van der Waals surface area contributed by atoms with Crippen LogP contribution in [-0.2, 0) is 10.0 Å². The van der Waals surface area contributed by atoms with Crippen LogP contribution in [0, 0.1) is 6.92 Å². The van der Waals surface area contributed by atoms with Crippen molar-refractivity contribution in [1.29, 1.82) is 0 Å². The van der Waals surface area contributed by atoms with E-state index in [2.05, 4.69) is 0 Å². The molecule has 1 saturated heterocycles. The first-order chi connectivity index (χ1) is 11.9. The molecule has 2 aromatic rings. The normalized spacial score (nSPS) is 18.7. The van der Waals surface area contributed by atoms with Crippen molar-refractivity contribution < 1.29 is 17.6 Å². The van der Waals surface area contributed by atoms with E-state index in [1.807, 2.05) is 30.3 Å². The summed E-state index contributed by atoms with van der Waals surface area (Å²) in [5, 5.41) is 1.21. The summed E-state index contributed by atoms with van der Waals surface area (Å²) >= 11 is 0.